The third kappa shape index (κ3) is 4.69. The van der Waals surface area contributed by atoms with Crippen molar-refractivity contribution in [3.63, 3.8) is 0 Å². The molecular formula is C31H36N6O. The van der Waals surface area contributed by atoms with Crippen LogP contribution in [0.2, 0.25) is 0 Å². The minimum atomic E-state index is 0.118. The maximum Gasteiger partial charge on any atom is 0.242 e. The molecule has 0 saturated carbocycles. The quantitative estimate of drug-likeness (QED) is 0.398. The van der Waals surface area contributed by atoms with Crippen LogP contribution in [0.25, 0.3) is 16.9 Å². The van der Waals surface area contributed by atoms with Crippen LogP contribution in [-0.4, -0.2) is 66.0 Å². The Labute approximate surface area is 224 Å². The number of anilines is 3. The van der Waals surface area contributed by atoms with Crippen molar-refractivity contribution in [2.45, 2.75) is 26.7 Å². The number of carbonyl (C=O) groups excluding carboxylic acids is 1. The second-order valence-electron chi connectivity index (χ2n) is 10.4. The minimum Gasteiger partial charge on any atom is -0.372 e. The number of hydrogen-bond acceptors (Lipinski definition) is 5. The van der Waals surface area contributed by atoms with E-state index in [1.54, 1.807) is 0 Å². The molecule has 2 aromatic heterocycles. The number of pyridine rings is 1. The number of aromatic nitrogens is 2. The molecule has 7 nitrogen and oxygen atoms in total. The van der Waals surface area contributed by atoms with E-state index in [1.807, 2.05) is 33.7 Å². The van der Waals surface area contributed by atoms with E-state index in [2.05, 4.69) is 71.4 Å². The topological polar surface area (TPSA) is 56.1 Å². The summed E-state index contributed by atoms with van der Waals surface area (Å²) in [4.78, 5) is 25.0. The molecule has 4 heterocycles. The summed E-state index contributed by atoms with van der Waals surface area (Å²) < 4.78 is 2.04. The number of fused-ring (bicyclic) bond motifs is 1. The highest BCUT2D eigenvalue weighted by atomic mass is 16.2. The van der Waals surface area contributed by atoms with E-state index in [0.717, 1.165) is 62.0 Å². The van der Waals surface area contributed by atoms with Gasteiger partial charge in [0, 0.05) is 62.4 Å². The molecule has 1 amide bonds. The smallest absolute Gasteiger partial charge is 0.242 e. The van der Waals surface area contributed by atoms with Crippen LogP contribution in [0.3, 0.4) is 0 Å². The van der Waals surface area contributed by atoms with Gasteiger partial charge in [-0.2, -0.15) is 0 Å². The summed E-state index contributed by atoms with van der Waals surface area (Å²) in [6, 6.07) is 21.1. The summed E-state index contributed by atoms with van der Waals surface area (Å²) in [7, 11) is 0. The van der Waals surface area contributed by atoms with E-state index in [9.17, 15) is 4.79 Å². The van der Waals surface area contributed by atoms with E-state index in [-0.39, 0.29) is 12.5 Å². The number of aryl methyl sites for hydroxylation is 2. The SMILES string of the molecule is Cc1cccc(C)c1N1CCN(C(=O)CNc2c(-c3ccc(N4CCCC4)cc3)nc3ccccn23)CC1. The van der Waals surface area contributed by atoms with E-state index in [4.69, 9.17) is 4.98 Å². The predicted molar refractivity (Wildman–Crippen MR) is 155 cm³/mol. The number of nitrogens with one attached hydrogen (secondary N) is 1. The zero-order chi connectivity index (χ0) is 26.1. The lowest BCUT2D eigenvalue weighted by Crippen LogP contribution is -2.50. The fraction of sp³-hybridized carbons (Fsp3) is 0.355. The highest BCUT2D eigenvalue weighted by molar-refractivity contribution is 5.84. The molecule has 0 bridgehead atoms. The maximum atomic E-state index is 13.3. The van der Waals surface area contributed by atoms with E-state index >= 15 is 0 Å². The van der Waals surface area contributed by atoms with Gasteiger partial charge in [-0.1, -0.05) is 36.4 Å². The van der Waals surface area contributed by atoms with Crippen LogP contribution >= 0.6 is 0 Å². The van der Waals surface area contributed by atoms with Crippen molar-refractivity contribution in [3.8, 4) is 11.3 Å². The summed E-state index contributed by atoms with van der Waals surface area (Å²) in [6.45, 7) is 9.98. The third-order valence-electron chi connectivity index (χ3n) is 7.94. The molecule has 2 fully saturated rings. The molecule has 2 aliphatic heterocycles. The average Bonchev–Trinajstić information content (AvgIpc) is 3.61. The summed E-state index contributed by atoms with van der Waals surface area (Å²) in [5.41, 5.74) is 7.94. The average molecular weight is 509 g/mol. The Balaban J connectivity index is 1.16. The second-order valence-corrected chi connectivity index (χ2v) is 10.4. The second kappa shape index (κ2) is 10.4. The molecule has 2 saturated heterocycles. The largest absolute Gasteiger partial charge is 0.372 e. The Kier molecular flexibility index (Phi) is 6.66. The van der Waals surface area contributed by atoms with E-state index in [0.29, 0.717) is 0 Å². The molecule has 0 aliphatic carbocycles. The summed E-state index contributed by atoms with van der Waals surface area (Å²) in [6.07, 6.45) is 4.52. The number of para-hydroxylation sites is 1. The van der Waals surface area contributed by atoms with Gasteiger partial charge in [0.2, 0.25) is 5.91 Å². The lowest BCUT2D eigenvalue weighted by Gasteiger charge is -2.37. The first kappa shape index (κ1) is 24.3. The molecule has 1 N–H and O–H groups in total. The highest BCUT2D eigenvalue weighted by Gasteiger charge is 2.24. The molecule has 7 heteroatoms. The molecule has 0 unspecified atom stereocenters. The van der Waals surface area contributed by atoms with Gasteiger partial charge in [-0.15, -0.1) is 0 Å². The van der Waals surface area contributed by atoms with Crippen LogP contribution in [0.4, 0.5) is 17.2 Å². The normalized spacial score (nSPS) is 15.9. The molecule has 196 valence electrons. The lowest BCUT2D eigenvalue weighted by molar-refractivity contribution is -0.129. The van der Waals surface area contributed by atoms with Crippen LogP contribution in [0.15, 0.2) is 66.9 Å². The zero-order valence-electron chi connectivity index (χ0n) is 22.4. The number of nitrogens with zero attached hydrogens (tertiary/aromatic N) is 5. The molecule has 4 aromatic rings. The number of carbonyl (C=O) groups is 1. The van der Waals surface area contributed by atoms with E-state index < -0.39 is 0 Å². The number of piperazine rings is 1. The van der Waals surface area contributed by atoms with Gasteiger partial charge < -0.3 is 20.0 Å². The fourth-order valence-corrected chi connectivity index (χ4v) is 5.93. The molecule has 6 rings (SSSR count). The van der Waals surface area contributed by atoms with Crippen LogP contribution in [0, 0.1) is 13.8 Å². The van der Waals surface area contributed by atoms with Crippen LogP contribution in [0.1, 0.15) is 24.0 Å². The molecule has 0 radical (unpaired) electrons. The van der Waals surface area contributed by atoms with Crippen molar-refractivity contribution in [1.82, 2.24) is 14.3 Å². The van der Waals surface area contributed by atoms with Crippen molar-refractivity contribution >= 4 is 28.7 Å². The Hall–Kier alpha value is -4.00. The van der Waals surface area contributed by atoms with E-state index in [1.165, 1.54) is 35.3 Å². The Morgan fingerprint density at radius 1 is 0.816 bits per heavy atom. The van der Waals surface area contributed by atoms with Gasteiger partial charge >= 0.3 is 0 Å². The van der Waals surface area contributed by atoms with Crippen LogP contribution in [0.5, 0.6) is 0 Å². The van der Waals surface area contributed by atoms with Gasteiger partial charge in [0.05, 0.1) is 6.54 Å². The molecule has 0 atom stereocenters. The van der Waals surface area contributed by atoms with Gasteiger partial charge in [-0.05, 0) is 62.1 Å². The molecule has 2 aliphatic rings. The van der Waals surface area contributed by atoms with Crippen molar-refractivity contribution in [2.75, 3.05) is 60.9 Å². The first-order chi connectivity index (χ1) is 18.6. The van der Waals surface area contributed by atoms with Gasteiger partial charge in [0.25, 0.3) is 0 Å². The van der Waals surface area contributed by atoms with Gasteiger partial charge in [0.15, 0.2) is 0 Å². The number of benzene rings is 2. The zero-order valence-corrected chi connectivity index (χ0v) is 22.4. The Morgan fingerprint density at radius 3 is 2.24 bits per heavy atom. The maximum absolute atomic E-state index is 13.3. The molecule has 0 spiro atoms. The van der Waals surface area contributed by atoms with Gasteiger partial charge in [-0.25, -0.2) is 4.98 Å². The van der Waals surface area contributed by atoms with Crippen molar-refractivity contribution in [1.29, 1.82) is 0 Å². The third-order valence-corrected chi connectivity index (χ3v) is 7.94. The predicted octanol–water partition coefficient (Wildman–Crippen LogP) is 4.98. The molecule has 2 aromatic carbocycles. The number of amides is 1. The van der Waals surface area contributed by atoms with Crippen molar-refractivity contribution < 1.29 is 4.79 Å². The van der Waals surface area contributed by atoms with Gasteiger partial charge in [-0.3, -0.25) is 9.20 Å². The minimum absolute atomic E-state index is 0.118. The monoisotopic (exact) mass is 508 g/mol. The standard InChI is InChI=1S/C31H36N6O/c1-23-8-7-9-24(2)30(23)36-20-18-35(19-21-36)28(38)22-32-31-29(33-27-10-3-4-17-37(27)31)25-11-13-26(14-12-25)34-15-5-6-16-34/h3-4,7-14,17,32H,5-6,15-16,18-22H2,1-2H3. The first-order valence-electron chi connectivity index (χ1n) is 13.7. The van der Waals surface area contributed by atoms with Crippen LogP contribution in [-0.2, 0) is 4.79 Å². The summed E-state index contributed by atoms with van der Waals surface area (Å²) in [5, 5.41) is 3.45. The molecular weight excluding hydrogens is 472 g/mol. The number of imidazole rings is 1. The Morgan fingerprint density at radius 2 is 1.53 bits per heavy atom. The number of rotatable bonds is 6. The molecule has 38 heavy (non-hydrogen) atoms. The highest BCUT2D eigenvalue weighted by Crippen LogP contribution is 2.31. The summed E-state index contributed by atoms with van der Waals surface area (Å²) in [5.74, 6) is 0.976. The van der Waals surface area contributed by atoms with Crippen LogP contribution < -0.4 is 15.1 Å². The Bertz CT molecular complexity index is 1410. The fourth-order valence-electron chi connectivity index (χ4n) is 5.93. The van der Waals surface area contributed by atoms with Crippen molar-refractivity contribution in [3.05, 3.63) is 78.0 Å². The summed E-state index contributed by atoms with van der Waals surface area (Å²) >= 11 is 0. The van der Waals surface area contributed by atoms with Gasteiger partial charge in [0.1, 0.15) is 17.2 Å². The first-order valence-corrected chi connectivity index (χ1v) is 13.7. The number of hydrogen-bond donors (Lipinski definition) is 1. The lowest BCUT2D eigenvalue weighted by atomic mass is 10.1. The van der Waals surface area contributed by atoms with Crippen molar-refractivity contribution in [2.24, 2.45) is 0 Å².